The Bertz CT molecular complexity index is 266. The lowest BCUT2D eigenvalue weighted by molar-refractivity contribution is 0.728. The van der Waals surface area contributed by atoms with E-state index in [2.05, 4.69) is 26.8 Å². The highest BCUT2D eigenvalue weighted by Gasteiger charge is 2.07. The van der Waals surface area contributed by atoms with Crippen LogP contribution in [0, 0.1) is 6.92 Å². The topological polar surface area (TPSA) is 0 Å². The van der Waals surface area contributed by atoms with E-state index >= 15 is 0 Å². The first-order chi connectivity index (χ1) is 5.66. The van der Waals surface area contributed by atoms with Gasteiger partial charge in [0, 0.05) is 5.02 Å². The molecule has 0 amide bonds. The van der Waals surface area contributed by atoms with Gasteiger partial charge < -0.3 is 0 Å². The summed E-state index contributed by atoms with van der Waals surface area (Å²) in [7, 11) is 0. The minimum atomic E-state index is 0.615. The van der Waals surface area contributed by atoms with E-state index in [1.165, 1.54) is 17.5 Å². The van der Waals surface area contributed by atoms with Gasteiger partial charge in [-0.2, -0.15) is 0 Å². The lowest BCUT2D eigenvalue weighted by atomic mass is 9.94. The summed E-state index contributed by atoms with van der Waals surface area (Å²) in [6, 6.07) is 6.13. The maximum atomic E-state index is 6.01. The summed E-state index contributed by atoms with van der Waals surface area (Å²) in [6.07, 6.45) is 1.17. The highest BCUT2D eigenvalue weighted by Crippen LogP contribution is 2.26. The van der Waals surface area contributed by atoms with Gasteiger partial charge in [0.05, 0.1) is 0 Å². The van der Waals surface area contributed by atoms with Gasteiger partial charge in [0.15, 0.2) is 0 Å². The van der Waals surface area contributed by atoms with E-state index in [9.17, 15) is 0 Å². The Balaban J connectivity index is 3.07. The summed E-state index contributed by atoms with van der Waals surface area (Å²) in [6.45, 7) is 6.52. The summed E-state index contributed by atoms with van der Waals surface area (Å²) in [5, 5.41) is 0.882. The van der Waals surface area contributed by atoms with Crippen molar-refractivity contribution >= 4 is 11.6 Å². The van der Waals surface area contributed by atoms with Crippen LogP contribution in [-0.2, 0) is 0 Å². The van der Waals surface area contributed by atoms with Crippen LogP contribution in [0.1, 0.15) is 37.3 Å². The fraction of sp³-hybridized carbons (Fsp3) is 0.455. The van der Waals surface area contributed by atoms with Crippen molar-refractivity contribution in [2.24, 2.45) is 0 Å². The molecule has 1 rings (SSSR count). The fourth-order valence-electron chi connectivity index (χ4n) is 1.38. The monoisotopic (exact) mass is 182 g/mol. The molecule has 0 aliphatic carbocycles. The van der Waals surface area contributed by atoms with Crippen molar-refractivity contribution in [3.8, 4) is 0 Å². The van der Waals surface area contributed by atoms with Gasteiger partial charge >= 0.3 is 0 Å². The highest BCUT2D eigenvalue weighted by molar-refractivity contribution is 6.31. The van der Waals surface area contributed by atoms with Crippen molar-refractivity contribution in [1.82, 2.24) is 0 Å². The van der Waals surface area contributed by atoms with Crippen molar-refractivity contribution in [1.29, 1.82) is 0 Å². The Kier molecular flexibility index (Phi) is 3.16. The summed E-state index contributed by atoms with van der Waals surface area (Å²) in [4.78, 5) is 0. The van der Waals surface area contributed by atoms with Crippen LogP contribution in [-0.4, -0.2) is 0 Å². The normalized spacial score (nSPS) is 13.0. The molecule has 0 nitrogen and oxygen atoms in total. The minimum absolute atomic E-state index is 0.615. The molecule has 0 aromatic heterocycles. The molecule has 66 valence electrons. The lowest BCUT2D eigenvalue weighted by Crippen LogP contribution is -1.94. The van der Waals surface area contributed by atoms with Gasteiger partial charge in [0.2, 0.25) is 0 Å². The van der Waals surface area contributed by atoms with E-state index < -0.39 is 0 Å². The van der Waals surface area contributed by atoms with Gasteiger partial charge in [-0.05, 0) is 36.5 Å². The van der Waals surface area contributed by atoms with Crippen molar-refractivity contribution in [2.45, 2.75) is 33.1 Å². The van der Waals surface area contributed by atoms with Crippen LogP contribution in [0.5, 0.6) is 0 Å². The maximum absolute atomic E-state index is 6.01. The van der Waals surface area contributed by atoms with Gasteiger partial charge in [-0.3, -0.25) is 0 Å². The Hall–Kier alpha value is -0.490. The van der Waals surface area contributed by atoms with Gasteiger partial charge in [0.1, 0.15) is 0 Å². The maximum Gasteiger partial charge on any atom is 0.0438 e. The Morgan fingerprint density at radius 3 is 2.67 bits per heavy atom. The molecule has 1 atom stereocenters. The second-order valence-corrected chi connectivity index (χ2v) is 3.67. The second-order valence-electron chi connectivity index (χ2n) is 3.26. The zero-order chi connectivity index (χ0) is 9.14. The van der Waals surface area contributed by atoms with Crippen molar-refractivity contribution < 1.29 is 0 Å². The Morgan fingerprint density at radius 1 is 1.42 bits per heavy atom. The summed E-state index contributed by atoms with van der Waals surface area (Å²) >= 11 is 6.01. The van der Waals surface area contributed by atoms with Crippen LogP contribution in [0.3, 0.4) is 0 Å². The summed E-state index contributed by atoms with van der Waals surface area (Å²) in [5.41, 5.74) is 2.61. The van der Waals surface area contributed by atoms with Crippen LogP contribution >= 0.6 is 11.6 Å². The van der Waals surface area contributed by atoms with Crippen LogP contribution in [0.15, 0.2) is 18.2 Å². The Morgan fingerprint density at radius 2 is 2.08 bits per heavy atom. The second kappa shape index (κ2) is 3.95. The van der Waals surface area contributed by atoms with E-state index in [4.69, 9.17) is 11.6 Å². The molecule has 0 aliphatic heterocycles. The molecule has 12 heavy (non-hydrogen) atoms. The molecule has 1 aromatic carbocycles. The van der Waals surface area contributed by atoms with Crippen LogP contribution in [0.25, 0.3) is 0 Å². The molecule has 1 heteroatoms. The van der Waals surface area contributed by atoms with E-state index in [0.717, 1.165) is 5.02 Å². The third kappa shape index (κ3) is 1.81. The van der Waals surface area contributed by atoms with Gasteiger partial charge in [-0.1, -0.05) is 37.6 Å². The van der Waals surface area contributed by atoms with E-state index in [-0.39, 0.29) is 0 Å². The third-order valence-electron chi connectivity index (χ3n) is 2.45. The molecule has 0 saturated heterocycles. The molecule has 0 heterocycles. The number of halogens is 1. The number of hydrogen-bond donors (Lipinski definition) is 0. The van der Waals surface area contributed by atoms with E-state index in [1.807, 2.05) is 12.1 Å². The average molecular weight is 183 g/mol. The largest absolute Gasteiger partial charge is 0.0840 e. The highest BCUT2D eigenvalue weighted by atomic mass is 35.5. The van der Waals surface area contributed by atoms with Crippen LogP contribution in [0.2, 0.25) is 5.02 Å². The standard InChI is InChI=1S/C11H15Cl/c1-4-8(2)10-6-5-7-11(12)9(10)3/h5-8H,4H2,1-3H3. The molecular weight excluding hydrogens is 168 g/mol. The molecule has 0 radical (unpaired) electrons. The van der Waals surface area contributed by atoms with Gasteiger partial charge in [-0.15, -0.1) is 0 Å². The first kappa shape index (κ1) is 9.60. The van der Waals surface area contributed by atoms with Crippen LogP contribution < -0.4 is 0 Å². The van der Waals surface area contributed by atoms with Crippen molar-refractivity contribution in [3.63, 3.8) is 0 Å². The van der Waals surface area contributed by atoms with Gasteiger partial charge in [0.25, 0.3) is 0 Å². The number of rotatable bonds is 2. The SMILES string of the molecule is CCC(C)c1cccc(Cl)c1C. The predicted octanol–water partition coefficient (Wildman–Crippen LogP) is 4.16. The predicted molar refractivity (Wildman–Crippen MR) is 54.9 cm³/mol. The Labute approximate surface area is 79.6 Å². The van der Waals surface area contributed by atoms with Gasteiger partial charge in [-0.25, -0.2) is 0 Å². The average Bonchev–Trinajstić information content (AvgIpc) is 2.08. The lowest BCUT2D eigenvalue weighted by Gasteiger charge is -2.12. The molecule has 0 aliphatic rings. The first-order valence-electron chi connectivity index (χ1n) is 4.41. The zero-order valence-electron chi connectivity index (χ0n) is 7.89. The first-order valence-corrected chi connectivity index (χ1v) is 4.79. The van der Waals surface area contributed by atoms with E-state index in [0.29, 0.717) is 5.92 Å². The fourth-order valence-corrected chi connectivity index (χ4v) is 1.56. The smallest absolute Gasteiger partial charge is 0.0438 e. The summed E-state index contributed by atoms with van der Waals surface area (Å²) in [5.74, 6) is 0.615. The van der Waals surface area contributed by atoms with Crippen LogP contribution in [0.4, 0.5) is 0 Å². The van der Waals surface area contributed by atoms with Crippen molar-refractivity contribution in [2.75, 3.05) is 0 Å². The molecule has 0 N–H and O–H groups in total. The molecule has 0 saturated carbocycles. The van der Waals surface area contributed by atoms with Crippen molar-refractivity contribution in [3.05, 3.63) is 34.3 Å². The summed E-state index contributed by atoms with van der Waals surface area (Å²) < 4.78 is 0. The molecular formula is C11H15Cl. The molecule has 0 spiro atoms. The molecule has 1 unspecified atom stereocenters. The minimum Gasteiger partial charge on any atom is -0.0840 e. The number of benzene rings is 1. The molecule has 1 aromatic rings. The molecule has 0 bridgehead atoms. The number of hydrogen-bond acceptors (Lipinski definition) is 0. The molecule has 0 fully saturated rings. The third-order valence-corrected chi connectivity index (χ3v) is 2.86. The quantitative estimate of drug-likeness (QED) is 0.644. The zero-order valence-corrected chi connectivity index (χ0v) is 8.65. The van der Waals surface area contributed by atoms with E-state index in [1.54, 1.807) is 0 Å².